The van der Waals surface area contributed by atoms with E-state index in [1.54, 1.807) is 7.05 Å². The van der Waals surface area contributed by atoms with Crippen molar-refractivity contribution in [3.8, 4) is 5.75 Å². The Morgan fingerprint density at radius 3 is 2.54 bits per heavy atom. The van der Waals surface area contributed by atoms with Crippen molar-refractivity contribution in [2.75, 3.05) is 22.1 Å². The number of aromatic nitrogens is 6. The number of aryl methyl sites for hydroxylation is 1. The number of carboxylic acids is 1. The maximum absolute atomic E-state index is 13.5. The van der Waals surface area contributed by atoms with Crippen LogP contribution in [0.5, 0.6) is 5.75 Å². The molecular formula is C25H25N11O8S2. The highest BCUT2D eigenvalue weighted by Crippen LogP contribution is 2.41. The summed E-state index contributed by atoms with van der Waals surface area (Å²) in [6.07, 6.45) is 1.01. The molecule has 0 spiro atoms. The van der Waals surface area contributed by atoms with Crippen LogP contribution in [-0.2, 0) is 26.2 Å². The number of aliphatic carboxylic acids is 1. The van der Waals surface area contributed by atoms with Gasteiger partial charge in [0.25, 0.3) is 11.5 Å². The van der Waals surface area contributed by atoms with Crippen molar-refractivity contribution in [2.24, 2.45) is 7.05 Å². The van der Waals surface area contributed by atoms with Crippen molar-refractivity contribution in [3.63, 3.8) is 0 Å². The van der Waals surface area contributed by atoms with Crippen molar-refractivity contribution >= 4 is 64.9 Å². The highest BCUT2D eigenvalue weighted by Gasteiger charge is 2.54. The number of aromatic amines is 1. The zero-order chi connectivity index (χ0) is 33.1. The molecule has 1 unspecified atom stereocenters. The number of tetrazole rings is 1. The van der Waals surface area contributed by atoms with E-state index in [0.717, 1.165) is 11.1 Å². The summed E-state index contributed by atoms with van der Waals surface area (Å²) >= 11 is 2.47. The normalized spacial score (nSPS) is 17.8. The van der Waals surface area contributed by atoms with Gasteiger partial charge in [0, 0.05) is 25.5 Å². The van der Waals surface area contributed by atoms with Gasteiger partial charge in [-0.3, -0.25) is 34.4 Å². The Hall–Kier alpha value is -5.44. The quantitative estimate of drug-likeness (QED) is 0.104. The van der Waals surface area contributed by atoms with Crippen molar-refractivity contribution < 1.29 is 34.2 Å². The molecule has 19 nitrogen and oxygen atoms in total. The molecule has 3 atom stereocenters. The first-order valence-electron chi connectivity index (χ1n) is 13.2. The number of hydrogen-bond donors (Lipinski definition) is 7. The summed E-state index contributed by atoms with van der Waals surface area (Å²) in [5.74, 6) is -3.02. The van der Waals surface area contributed by atoms with Gasteiger partial charge in [0.15, 0.2) is 0 Å². The second-order valence-electron chi connectivity index (χ2n) is 9.81. The molecule has 240 valence electrons. The summed E-state index contributed by atoms with van der Waals surface area (Å²) in [7, 11) is 1.64. The number of carbonyl (C=O) groups is 5. The summed E-state index contributed by atoms with van der Waals surface area (Å²) in [4.78, 5) is 82.7. The van der Waals surface area contributed by atoms with Crippen LogP contribution in [0.1, 0.15) is 18.5 Å². The van der Waals surface area contributed by atoms with Crippen LogP contribution >= 0.6 is 23.5 Å². The number of β-lactam (4-membered cyclic amide) rings is 1. The van der Waals surface area contributed by atoms with Gasteiger partial charge in [0.05, 0.1) is 6.20 Å². The summed E-state index contributed by atoms with van der Waals surface area (Å²) in [5, 5.41) is 40.2. The van der Waals surface area contributed by atoms with Crippen molar-refractivity contribution in [1.29, 1.82) is 0 Å². The number of phenolic OH excluding ortho intramolecular Hbond substituents is 1. The summed E-state index contributed by atoms with van der Waals surface area (Å²) in [5.41, 5.74) is -0.561. The summed E-state index contributed by atoms with van der Waals surface area (Å²) in [6.45, 7) is 1.22. The van der Waals surface area contributed by atoms with Crippen molar-refractivity contribution in [3.05, 3.63) is 57.6 Å². The number of urea groups is 1. The van der Waals surface area contributed by atoms with E-state index in [-0.39, 0.29) is 40.2 Å². The molecule has 2 aliphatic rings. The highest BCUT2D eigenvalue weighted by atomic mass is 32.2. The third-order valence-corrected chi connectivity index (χ3v) is 9.05. The van der Waals surface area contributed by atoms with Gasteiger partial charge in [-0.05, 0) is 33.7 Å². The van der Waals surface area contributed by atoms with E-state index in [4.69, 9.17) is 0 Å². The minimum Gasteiger partial charge on any atom is -0.508 e. The van der Waals surface area contributed by atoms with Gasteiger partial charge in [0.2, 0.25) is 22.9 Å². The zero-order valence-corrected chi connectivity index (χ0v) is 25.5. The van der Waals surface area contributed by atoms with Crippen molar-refractivity contribution in [2.45, 2.75) is 29.5 Å². The highest BCUT2D eigenvalue weighted by molar-refractivity contribution is 8.01. The zero-order valence-electron chi connectivity index (χ0n) is 23.9. The predicted molar refractivity (Wildman–Crippen MR) is 161 cm³/mol. The Morgan fingerprint density at radius 2 is 1.91 bits per heavy atom. The fourth-order valence-corrected chi connectivity index (χ4v) is 6.83. The Labute approximate surface area is 266 Å². The Bertz CT molecular complexity index is 1810. The van der Waals surface area contributed by atoms with Crippen LogP contribution in [0.15, 0.2) is 51.7 Å². The van der Waals surface area contributed by atoms with Crippen LogP contribution in [0.25, 0.3) is 0 Å². The van der Waals surface area contributed by atoms with E-state index >= 15 is 0 Å². The lowest BCUT2D eigenvalue weighted by atomic mass is 10.0. The lowest BCUT2D eigenvalue weighted by Crippen LogP contribution is -2.71. The molecule has 0 saturated carbocycles. The molecule has 0 bridgehead atoms. The Balaban J connectivity index is 1.30. The van der Waals surface area contributed by atoms with Crippen LogP contribution in [0.3, 0.4) is 0 Å². The number of rotatable bonds is 10. The third kappa shape index (κ3) is 6.78. The lowest BCUT2D eigenvalue weighted by Gasteiger charge is -2.49. The molecule has 2 aromatic heterocycles. The van der Waals surface area contributed by atoms with Crippen molar-refractivity contribution in [1.82, 2.24) is 45.7 Å². The molecule has 1 aromatic carbocycles. The minimum atomic E-state index is -1.41. The number of nitrogens with zero attached hydrogens (tertiary/aromatic N) is 6. The molecule has 21 heteroatoms. The van der Waals surface area contributed by atoms with Crippen LogP contribution in [0, 0.1) is 0 Å². The third-order valence-electron chi connectivity index (χ3n) is 6.61. The molecule has 1 saturated heterocycles. The maximum atomic E-state index is 13.5. The van der Waals surface area contributed by atoms with Gasteiger partial charge in [-0.25, -0.2) is 19.3 Å². The Morgan fingerprint density at radius 1 is 1.17 bits per heavy atom. The molecule has 0 radical (unpaired) electrons. The number of carbonyl (C=O) groups excluding carboxylic acids is 4. The second kappa shape index (κ2) is 13.3. The predicted octanol–water partition coefficient (Wildman–Crippen LogP) is -0.649. The van der Waals surface area contributed by atoms with E-state index in [1.807, 2.05) is 0 Å². The molecule has 7 N–H and O–H groups in total. The van der Waals surface area contributed by atoms with E-state index < -0.39 is 52.7 Å². The van der Waals surface area contributed by atoms with Gasteiger partial charge in [-0.15, -0.1) is 16.9 Å². The van der Waals surface area contributed by atoms with Gasteiger partial charge >= 0.3 is 12.0 Å². The molecule has 46 heavy (non-hydrogen) atoms. The number of carboxylic acid groups (broad SMARTS) is 1. The lowest BCUT2D eigenvalue weighted by molar-refractivity contribution is -0.150. The minimum absolute atomic E-state index is 0.106. The maximum Gasteiger partial charge on any atom is 0.352 e. The fraction of sp³-hybridized carbons (Fsp3) is 0.280. The molecule has 0 aliphatic carbocycles. The van der Waals surface area contributed by atoms with E-state index in [0.29, 0.717) is 10.7 Å². The molecule has 2 aliphatic heterocycles. The molecule has 1 fully saturated rings. The number of H-pyrrole nitrogens is 1. The van der Waals surface area contributed by atoms with Gasteiger partial charge in [-0.1, -0.05) is 23.9 Å². The standard InChI is InChI=1S/C25H25N11O8S2/c1-10(37)27-23-26-7-14(18(39)31-23)28-24(44)30-15(11-3-5-13(38)6-4-11)19(40)29-16-20(41)36-17(22(42)43)12(8-45-21(16)36)9-46-25-32-33-34-35(25)2/h3-7,15-16,21,38H,8-9H2,1-2H3,(H,29,40)(H,42,43)(H2,28,30,44)(H2,26,27,31,37,39)/t15-,16?,21-/m1/s1. The van der Waals surface area contributed by atoms with Crippen LogP contribution < -0.4 is 26.8 Å². The van der Waals surface area contributed by atoms with Crippen LogP contribution in [0.2, 0.25) is 0 Å². The monoisotopic (exact) mass is 671 g/mol. The smallest absolute Gasteiger partial charge is 0.352 e. The molecule has 3 aromatic rings. The number of fused-ring (bicyclic) bond motifs is 1. The fourth-order valence-electron chi connectivity index (χ4n) is 4.50. The molecule has 4 heterocycles. The van der Waals surface area contributed by atoms with E-state index in [2.05, 4.69) is 46.8 Å². The topological polar surface area (TPSA) is 267 Å². The number of hydrogen-bond acceptors (Lipinski definition) is 13. The first kappa shape index (κ1) is 32.0. The largest absolute Gasteiger partial charge is 0.508 e. The number of aromatic hydroxyl groups is 1. The van der Waals surface area contributed by atoms with E-state index in [9.17, 15) is 39.0 Å². The average Bonchev–Trinajstić information content (AvgIpc) is 3.42. The number of phenols is 1. The second-order valence-corrected chi connectivity index (χ2v) is 11.9. The van der Waals surface area contributed by atoms with Crippen LogP contribution in [0.4, 0.5) is 16.4 Å². The first-order valence-corrected chi connectivity index (χ1v) is 15.2. The average molecular weight is 672 g/mol. The number of thioether (sulfide) groups is 2. The number of nitrogens with one attached hydrogen (secondary N) is 5. The number of benzene rings is 1. The van der Waals surface area contributed by atoms with Crippen LogP contribution in [-0.4, -0.2) is 97.9 Å². The van der Waals surface area contributed by atoms with E-state index in [1.165, 1.54) is 59.4 Å². The SMILES string of the molecule is CC(=O)Nc1ncc(NC(=O)N[C@@H](C(=O)NC2C(=O)N3C(C(=O)O)=C(CSc4nnnn4C)CS[C@H]23)c2ccc(O)cc2)c(=O)[nH]1. The number of anilines is 2. The van der Waals surface area contributed by atoms with Gasteiger partial charge in [0.1, 0.15) is 34.6 Å². The molecule has 5 amide bonds. The number of amides is 5. The summed E-state index contributed by atoms with van der Waals surface area (Å²) < 4.78 is 1.43. The van der Waals surface area contributed by atoms with Gasteiger partial charge < -0.3 is 26.2 Å². The van der Waals surface area contributed by atoms with Gasteiger partial charge in [-0.2, -0.15) is 0 Å². The molecule has 5 rings (SSSR count). The molecular weight excluding hydrogens is 646 g/mol. The first-order chi connectivity index (χ1) is 21.9. The Kier molecular flexibility index (Phi) is 9.23. The summed E-state index contributed by atoms with van der Waals surface area (Å²) in [6, 6.07) is 1.82.